The van der Waals surface area contributed by atoms with Crippen LogP contribution in [-0.2, 0) is 6.54 Å². The first-order chi connectivity index (χ1) is 7.43. The zero-order chi connectivity index (χ0) is 10.1. The van der Waals surface area contributed by atoms with Gasteiger partial charge in [-0.25, -0.2) is 15.4 Å². The second-order valence-corrected chi connectivity index (χ2v) is 3.26. The van der Waals surface area contributed by atoms with Gasteiger partial charge in [-0.05, 0) is 18.2 Å². The van der Waals surface area contributed by atoms with E-state index in [1.54, 1.807) is 6.20 Å². The van der Waals surface area contributed by atoms with Crippen LogP contribution in [0.2, 0.25) is 0 Å². The number of aromatic nitrogens is 2. The Morgan fingerprint density at radius 1 is 1.27 bits per heavy atom. The molecular weight excluding hydrogens is 192 g/mol. The van der Waals surface area contributed by atoms with Gasteiger partial charge < -0.3 is 5.43 Å². The van der Waals surface area contributed by atoms with Gasteiger partial charge in [-0.15, -0.1) is 0 Å². The quantitative estimate of drug-likeness (QED) is 0.484. The summed E-state index contributed by atoms with van der Waals surface area (Å²) in [6.07, 6.45) is 1.75. The predicted molar refractivity (Wildman–Crippen MR) is 56.3 cm³/mol. The molecule has 6 nitrogen and oxygen atoms in total. The molecule has 0 aliphatic carbocycles. The predicted octanol–water partition coefficient (Wildman–Crippen LogP) is 0.0691. The number of pyridine rings is 2. The molecule has 15 heavy (non-hydrogen) atoms. The van der Waals surface area contributed by atoms with E-state index < -0.39 is 0 Å². The van der Waals surface area contributed by atoms with Crippen molar-refractivity contribution in [2.24, 2.45) is 0 Å². The van der Waals surface area contributed by atoms with Gasteiger partial charge in [0.2, 0.25) is 0 Å². The van der Waals surface area contributed by atoms with Crippen molar-refractivity contribution in [3.8, 4) is 0 Å². The highest BCUT2D eigenvalue weighted by molar-refractivity contribution is 5.79. The Kier molecular flexibility index (Phi) is 1.95. The number of hydrogen-bond acceptors (Lipinski definition) is 6. The third-order valence-corrected chi connectivity index (χ3v) is 2.27. The summed E-state index contributed by atoms with van der Waals surface area (Å²) >= 11 is 0. The van der Waals surface area contributed by atoms with Gasteiger partial charge >= 0.3 is 0 Å². The summed E-state index contributed by atoms with van der Waals surface area (Å²) in [5.74, 6) is 0. The summed E-state index contributed by atoms with van der Waals surface area (Å²) in [5, 5.41) is 1.02. The molecule has 0 radical (unpaired) electrons. The third kappa shape index (κ3) is 1.50. The second kappa shape index (κ2) is 3.43. The minimum atomic E-state index is 0.641. The fraction of sp³-hybridized carbons (Fsp3) is 0.111. The Labute approximate surface area is 86.0 Å². The second-order valence-electron chi connectivity index (χ2n) is 3.26. The van der Waals surface area contributed by atoms with Crippen molar-refractivity contribution < 1.29 is 0 Å². The van der Waals surface area contributed by atoms with Crippen molar-refractivity contribution in [3.05, 3.63) is 30.1 Å². The van der Waals surface area contributed by atoms with Crippen LogP contribution < -0.4 is 21.9 Å². The van der Waals surface area contributed by atoms with Gasteiger partial charge in [-0.3, -0.25) is 0 Å². The third-order valence-electron chi connectivity index (χ3n) is 2.27. The maximum Gasteiger partial charge on any atom is 0.159 e. The molecule has 0 saturated carbocycles. The molecule has 1 aliphatic rings. The molecule has 3 rings (SSSR count). The lowest BCUT2D eigenvalue weighted by atomic mass is 10.2. The van der Waals surface area contributed by atoms with Crippen LogP contribution in [0.4, 0.5) is 5.69 Å². The number of fused-ring (bicyclic) bond motifs is 2. The molecule has 4 N–H and O–H groups in total. The van der Waals surface area contributed by atoms with Gasteiger partial charge in [0, 0.05) is 11.6 Å². The fourth-order valence-corrected chi connectivity index (χ4v) is 1.56. The van der Waals surface area contributed by atoms with Gasteiger partial charge in [-0.2, -0.15) is 11.1 Å². The number of hydrogen-bond donors (Lipinski definition) is 4. The number of rotatable bonds is 0. The lowest BCUT2D eigenvalue weighted by Gasteiger charge is -2.06. The van der Waals surface area contributed by atoms with E-state index in [4.69, 9.17) is 0 Å². The SMILES string of the molecule is c1cnc2nc3c(cc2c1)NNNNC3. The van der Waals surface area contributed by atoms with Crippen LogP contribution in [0.1, 0.15) is 5.69 Å². The lowest BCUT2D eigenvalue weighted by Crippen LogP contribution is -2.43. The molecule has 0 amide bonds. The average molecular weight is 202 g/mol. The highest BCUT2D eigenvalue weighted by Crippen LogP contribution is 2.19. The molecule has 1 aliphatic heterocycles. The van der Waals surface area contributed by atoms with Crippen molar-refractivity contribution in [3.63, 3.8) is 0 Å². The van der Waals surface area contributed by atoms with Crippen molar-refractivity contribution in [1.82, 2.24) is 26.5 Å². The Bertz CT molecular complexity index is 452. The van der Waals surface area contributed by atoms with E-state index in [1.807, 2.05) is 18.2 Å². The van der Waals surface area contributed by atoms with E-state index in [-0.39, 0.29) is 0 Å². The van der Waals surface area contributed by atoms with Crippen LogP contribution in [-0.4, -0.2) is 9.97 Å². The normalized spacial score (nSPS) is 15.5. The van der Waals surface area contributed by atoms with Gasteiger partial charge in [0.25, 0.3) is 0 Å². The Morgan fingerprint density at radius 2 is 2.27 bits per heavy atom. The summed E-state index contributed by atoms with van der Waals surface area (Å²) in [4.78, 5) is 8.67. The summed E-state index contributed by atoms with van der Waals surface area (Å²) in [5.41, 5.74) is 14.2. The standard InChI is InChI=1S/C9H10N6/c1-2-6-4-7-8(5-11-14-15-13-7)12-9(6)10-3-1/h1-4,11,13-15H,5H2. The Hall–Kier alpha value is -1.76. The van der Waals surface area contributed by atoms with Crippen molar-refractivity contribution in [2.75, 3.05) is 5.43 Å². The number of anilines is 1. The molecule has 2 aromatic rings. The van der Waals surface area contributed by atoms with Crippen molar-refractivity contribution >= 4 is 16.7 Å². The number of hydrazine groups is 3. The van der Waals surface area contributed by atoms with E-state index in [0.717, 1.165) is 22.4 Å². The first-order valence-electron chi connectivity index (χ1n) is 4.67. The highest BCUT2D eigenvalue weighted by atomic mass is 15.7. The first-order valence-corrected chi connectivity index (χ1v) is 4.67. The van der Waals surface area contributed by atoms with Crippen LogP contribution in [0.15, 0.2) is 24.4 Å². The smallest absolute Gasteiger partial charge is 0.159 e. The van der Waals surface area contributed by atoms with Gasteiger partial charge in [0.15, 0.2) is 5.65 Å². The maximum atomic E-state index is 4.46. The lowest BCUT2D eigenvalue weighted by molar-refractivity contribution is 0.476. The Balaban J connectivity index is 2.20. The molecule has 76 valence electrons. The molecule has 3 heterocycles. The topological polar surface area (TPSA) is 73.9 Å². The number of nitrogens with zero attached hydrogens (tertiary/aromatic N) is 2. The van der Waals surface area contributed by atoms with Crippen LogP contribution in [0.3, 0.4) is 0 Å². The molecule has 0 bridgehead atoms. The zero-order valence-electron chi connectivity index (χ0n) is 7.91. The summed E-state index contributed by atoms with van der Waals surface area (Å²) in [6.45, 7) is 0.641. The minimum Gasteiger partial charge on any atom is -0.305 e. The van der Waals surface area contributed by atoms with E-state index in [0.29, 0.717) is 6.54 Å². The molecule has 0 unspecified atom stereocenters. The van der Waals surface area contributed by atoms with Crippen LogP contribution >= 0.6 is 0 Å². The maximum absolute atomic E-state index is 4.46. The number of nitrogens with one attached hydrogen (secondary N) is 4. The van der Waals surface area contributed by atoms with Crippen LogP contribution in [0, 0.1) is 0 Å². The van der Waals surface area contributed by atoms with E-state index >= 15 is 0 Å². The van der Waals surface area contributed by atoms with Crippen LogP contribution in [0.5, 0.6) is 0 Å². The van der Waals surface area contributed by atoms with Crippen molar-refractivity contribution in [2.45, 2.75) is 6.54 Å². The fourth-order valence-electron chi connectivity index (χ4n) is 1.56. The monoisotopic (exact) mass is 202 g/mol. The molecule has 2 aromatic heterocycles. The van der Waals surface area contributed by atoms with Gasteiger partial charge in [0.05, 0.1) is 17.9 Å². The summed E-state index contributed by atoms with van der Waals surface area (Å²) < 4.78 is 0. The van der Waals surface area contributed by atoms with Gasteiger partial charge in [0.1, 0.15) is 0 Å². The molecule has 0 spiro atoms. The first kappa shape index (κ1) is 8.54. The molecule has 0 aromatic carbocycles. The molecule has 0 fully saturated rings. The zero-order valence-corrected chi connectivity index (χ0v) is 7.91. The average Bonchev–Trinajstić information content (AvgIpc) is 2.50. The molecule has 0 saturated heterocycles. The van der Waals surface area contributed by atoms with E-state index in [2.05, 4.69) is 31.9 Å². The van der Waals surface area contributed by atoms with Gasteiger partial charge in [-0.1, -0.05) is 0 Å². The summed E-state index contributed by atoms with van der Waals surface area (Å²) in [6, 6.07) is 5.91. The largest absolute Gasteiger partial charge is 0.305 e. The Morgan fingerprint density at radius 3 is 3.27 bits per heavy atom. The van der Waals surface area contributed by atoms with Crippen LogP contribution in [0.25, 0.3) is 11.0 Å². The minimum absolute atomic E-state index is 0.641. The van der Waals surface area contributed by atoms with E-state index in [1.165, 1.54) is 0 Å². The van der Waals surface area contributed by atoms with E-state index in [9.17, 15) is 0 Å². The molecule has 0 atom stereocenters. The summed E-state index contributed by atoms with van der Waals surface area (Å²) in [7, 11) is 0. The van der Waals surface area contributed by atoms with Crippen molar-refractivity contribution in [1.29, 1.82) is 0 Å². The molecular formula is C9H10N6. The highest BCUT2D eigenvalue weighted by Gasteiger charge is 2.09. The molecule has 6 heteroatoms.